The highest BCUT2D eigenvalue weighted by atomic mass is 32.1. The molecular formula is C19H17F2N3O2S. The van der Waals surface area contributed by atoms with Crippen molar-refractivity contribution >= 4 is 17.2 Å². The van der Waals surface area contributed by atoms with Crippen molar-refractivity contribution in [2.24, 2.45) is 0 Å². The molecule has 1 fully saturated rings. The first kappa shape index (κ1) is 17.8. The summed E-state index contributed by atoms with van der Waals surface area (Å²) in [5, 5.41) is 21.5. The molecule has 0 unspecified atom stereocenters. The van der Waals surface area contributed by atoms with E-state index in [2.05, 4.69) is 10.2 Å². The number of rotatable bonds is 3. The Bertz CT molecular complexity index is 943. The van der Waals surface area contributed by atoms with Crippen molar-refractivity contribution in [3.8, 4) is 11.3 Å². The number of halogens is 2. The maximum absolute atomic E-state index is 14.1. The molecule has 0 bridgehead atoms. The Balaban J connectivity index is 1.53. The van der Waals surface area contributed by atoms with Crippen LogP contribution in [0.15, 0.2) is 41.2 Å². The third kappa shape index (κ3) is 3.15. The molecule has 4 rings (SSSR count). The van der Waals surface area contributed by atoms with Gasteiger partial charge in [0.1, 0.15) is 11.6 Å². The average molecular weight is 389 g/mol. The lowest BCUT2D eigenvalue weighted by Crippen LogP contribution is -2.46. The van der Waals surface area contributed by atoms with Gasteiger partial charge >= 0.3 is 0 Å². The van der Waals surface area contributed by atoms with Gasteiger partial charge in [-0.2, -0.15) is 16.4 Å². The van der Waals surface area contributed by atoms with Gasteiger partial charge < -0.3 is 10.0 Å². The van der Waals surface area contributed by atoms with Gasteiger partial charge in [0.25, 0.3) is 5.91 Å². The zero-order chi connectivity index (χ0) is 19.0. The van der Waals surface area contributed by atoms with Crippen LogP contribution in [0, 0.1) is 11.6 Å². The van der Waals surface area contributed by atoms with E-state index in [9.17, 15) is 18.7 Å². The molecule has 1 aliphatic heterocycles. The fraction of sp³-hybridized carbons (Fsp3) is 0.263. The van der Waals surface area contributed by atoms with Crippen LogP contribution in [-0.4, -0.2) is 39.2 Å². The highest BCUT2D eigenvalue weighted by Gasteiger charge is 2.39. The Morgan fingerprint density at radius 1 is 1.22 bits per heavy atom. The van der Waals surface area contributed by atoms with Gasteiger partial charge in [0.05, 0.1) is 28.6 Å². The number of carbonyl (C=O) groups excluding carboxylic acids is 1. The lowest BCUT2D eigenvalue weighted by molar-refractivity contribution is -0.0261. The molecule has 2 aromatic heterocycles. The van der Waals surface area contributed by atoms with Gasteiger partial charge in [-0.3, -0.25) is 9.89 Å². The highest BCUT2D eigenvalue weighted by Crippen LogP contribution is 2.36. The largest absolute Gasteiger partial charge is 0.385 e. The molecule has 0 radical (unpaired) electrons. The zero-order valence-electron chi connectivity index (χ0n) is 14.3. The molecule has 0 spiro atoms. The number of nitrogens with zero attached hydrogens (tertiary/aromatic N) is 2. The van der Waals surface area contributed by atoms with E-state index < -0.39 is 17.2 Å². The smallest absolute Gasteiger partial charge is 0.257 e. The fourth-order valence-corrected chi connectivity index (χ4v) is 4.16. The Morgan fingerprint density at radius 2 is 1.93 bits per heavy atom. The molecular weight excluding hydrogens is 372 g/mol. The van der Waals surface area contributed by atoms with Crippen LogP contribution < -0.4 is 0 Å². The molecule has 0 atom stereocenters. The van der Waals surface area contributed by atoms with Crippen molar-refractivity contribution in [2.75, 3.05) is 13.1 Å². The summed E-state index contributed by atoms with van der Waals surface area (Å²) in [6.07, 6.45) is 1.59. The lowest BCUT2D eigenvalue weighted by Gasteiger charge is -2.38. The van der Waals surface area contributed by atoms with E-state index in [0.29, 0.717) is 11.3 Å². The number of hydrogen-bond donors (Lipinski definition) is 2. The number of aromatic nitrogens is 2. The molecule has 1 aliphatic rings. The van der Waals surface area contributed by atoms with E-state index in [1.54, 1.807) is 4.90 Å². The van der Waals surface area contributed by atoms with E-state index >= 15 is 0 Å². The van der Waals surface area contributed by atoms with E-state index in [-0.39, 0.29) is 37.4 Å². The van der Waals surface area contributed by atoms with Crippen LogP contribution in [-0.2, 0) is 5.60 Å². The number of amides is 1. The van der Waals surface area contributed by atoms with Gasteiger partial charge in [-0.05, 0) is 36.4 Å². The Morgan fingerprint density at radius 3 is 2.56 bits per heavy atom. The predicted octanol–water partition coefficient (Wildman–Crippen LogP) is 3.54. The lowest BCUT2D eigenvalue weighted by atomic mass is 9.83. The van der Waals surface area contributed by atoms with Gasteiger partial charge in [0, 0.05) is 24.0 Å². The van der Waals surface area contributed by atoms with E-state index in [4.69, 9.17) is 0 Å². The van der Waals surface area contributed by atoms with E-state index in [0.717, 1.165) is 17.7 Å². The minimum Gasteiger partial charge on any atom is -0.385 e. The van der Waals surface area contributed by atoms with Crippen LogP contribution >= 0.6 is 11.3 Å². The average Bonchev–Trinajstić information content (AvgIpc) is 3.33. The van der Waals surface area contributed by atoms with Crippen LogP contribution in [0.4, 0.5) is 8.78 Å². The maximum atomic E-state index is 14.1. The number of aromatic amines is 1. The normalized spacial score (nSPS) is 16.5. The van der Waals surface area contributed by atoms with Crippen LogP contribution in [0.5, 0.6) is 0 Å². The first-order valence-corrected chi connectivity index (χ1v) is 9.46. The summed E-state index contributed by atoms with van der Waals surface area (Å²) in [6, 6.07) is 5.42. The summed E-state index contributed by atoms with van der Waals surface area (Å²) in [5.74, 6) is -1.76. The molecule has 8 heteroatoms. The topological polar surface area (TPSA) is 69.2 Å². The van der Waals surface area contributed by atoms with Crippen LogP contribution in [0.25, 0.3) is 11.3 Å². The minimum absolute atomic E-state index is 0.0578. The quantitative estimate of drug-likeness (QED) is 0.720. The van der Waals surface area contributed by atoms with Gasteiger partial charge in [0.2, 0.25) is 0 Å². The van der Waals surface area contributed by atoms with Gasteiger partial charge in [-0.1, -0.05) is 6.07 Å². The summed E-state index contributed by atoms with van der Waals surface area (Å²) >= 11 is 1.52. The predicted molar refractivity (Wildman–Crippen MR) is 97.3 cm³/mol. The van der Waals surface area contributed by atoms with Gasteiger partial charge in [0.15, 0.2) is 0 Å². The van der Waals surface area contributed by atoms with Crippen molar-refractivity contribution in [3.63, 3.8) is 0 Å². The molecule has 3 aromatic rings. The number of likely N-dealkylation sites (tertiary alicyclic amines) is 1. The molecule has 1 saturated heterocycles. The number of piperidine rings is 1. The number of thiophene rings is 1. The number of hydrogen-bond acceptors (Lipinski definition) is 4. The SMILES string of the molecule is O=C(c1cn[nH]c1-c1ccsc1)N1CCC(O)(c2c(F)cccc2F)CC1. The second kappa shape index (κ2) is 6.86. The number of benzene rings is 1. The molecule has 0 aliphatic carbocycles. The third-order valence-electron chi connectivity index (χ3n) is 4.99. The zero-order valence-corrected chi connectivity index (χ0v) is 15.1. The number of H-pyrrole nitrogens is 1. The van der Waals surface area contributed by atoms with Crippen molar-refractivity contribution < 1.29 is 18.7 Å². The Kier molecular flexibility index (Phi) is 4.53. The molecule has 3 heterocycles. The second-order valence-corrected chi connectivity index (χ2v) is 7.37. The molecule has 1 amide bonds. The first-order valence-electron chi connectivity index (χ1n) is 8.52. The van der Waals surface area contributed by atoms with E-state index in [1.165, 1.54) is 23.6 Å². The fourth-order valence-electron chi connectivity index (χ4n) is 3.52. The van der Waals surface area contributed by atoms with Crippen molar-refractivity contribution in [1.29, 1.82) is 0 Å². The third-order valence-corrected chi connectivity index (χ3v) is 5.67. The summed E-state index contributed by atoms with van der Waals surface area (Å²) in [4.78, 5) is 14.5. The van der Waals surface area contributed by atoms with Gasteiger partial charge in [-0.25, -0.2) is 8.78 Å². The number of nitrogens with one attached hydrogen (secondary N) is 1. The van der Waals surface area contributed by atoms with Gasteiger partial charge in [-0.15, -0.1) is 0 Å². The standard InChI is InChI=1S/C19H17F2N3O2S/c20-14-2-1-3-15(21)16(14)19(26)5-7-24(8-6-19)18(25)13-10-22-23-17(13)12-4-9-27-11-12/h1-4,9-11,26H,5-8H2,(H,22,23). The second-order valence-electron chi connectivity index (χ2n) is 6.59. The molecule has 2 N–H and O–H groups in total. The first-order chi connectivity index (χ1) is 13.0. The highest BCUT2D eigenvalue weighted by molar-refractivity contribution is 7.08. The van der Waals surface area contributed by atoms with Crippen molar-refractivity contribution in [3.05, 3.63) is 64.0 Å². The molecule has 0 saturated carbocycles. The number of carbonyl (C=O) groups is 1. The molecule has 1 aromatic carbocycles. The monoisotopic (exact) mass is 389 g/mol. The van der Waals surface area contributed by atoms with Crippen molar-refractivity contribution in [1.82, 2.24) is 15.1 Å². The summed E-state index contributed by atoms with van der Waals surface area (Å²) in [5.41, 5.74) is 0.0130. The van der Waals surface area contributed by atoms with Crippen LogP contribution in [0.1, 0.15) is 28.8 Å². The summed E-state index contributed by atoms with van der Waals surface area (Å²) in [6.45, 7) is 0.384. The van der Waals surface area contributed by atoms with Crippen LogP contribution in [0.2, 0.25) is 0 Å². The molecule has 140 valence electrons. The van der Waals surface area contributed by atoms with Crippen LogP contribution in [0.3, 0.4) is 0 Å². The number of aliphatic hydroxyl groups is 1. The minimum atomic E-state index is -1.63. The molecule has 27 heavy (non-hydrogen) atoms. The van der Waals surface area contributed by atoms with Crippen molar-refractivity contribution in [2.45, 2.75) is 18.4 Å². The molecule has 5 nitrogen and oxygen atoms in total. The van der Waals surface area contributed by atoms with E-state index in [1.807, 2.05) is 16.8 Å². The Labute approximate surface area is 158 Å². The summed E-state index contributed by atoms with van der Waals surface area (Å²) in [7, 11) is 0. The Hall–Kier alpha value is -2.58. The maximum Gasteiger partial charge on any atom is 0.257 e. The summed E-state index contributed by atoms with van der Waals surface area (Å²) < 4.78 is 28.2.